The van der Waals surface area contributed by atoms with E-state index in [1.807, 2.05) is 30.3 Å². The van der Waals surface area contributed by atoms with Crippen LogP contribution >= 0.6 is 47.8 Å². The Morgan fingerprint density at radius 1 is 0.444 bits per heavy atom. The molecule has 0 N–H and O–H groups in total. The van der Waals surface area contributed by atoms with E-state index in [4.69, 9.17) is 4.98 Å². The number of pyridine rings is 1. The highest BCUT2D eigenvalue weighted by Crippen LogP contribution is 2.32. The molecule has 0 saturated heterocycles. The molecule has 0 aliphatic carbocycles. The fourth-order valence-corrected chi connectivity index (χ4v) is 4.15. The number of rotatable bonds is 3. The Labute approximate surface area is 183 Å². The van der Waals surface area contributed by atoms with Crippen LogP contribution in [0.1, 0.15) is 0 Å². The van der Waals surface area contributed by atoms with Crippen LogP contribution in [0.2, 0.25) is 0 Å². The van der Waals surface area contributed by atoms with Gasteiger partial charge in [-0.15, -0.1) is 0 Å². The maximum absolute atomic E-state index is 4.95. The van der Waals surface area contributed by atoms with Gasteiger partial charge >= 0.3 is 0 Å². The van der Waals surface area contributed by atoms with Gasteiger partial charge in [0.1, 0.15) is 0 Å². The number of benzene rings is 3. The van der Waals surface area contributed by atoms with Gasteiger partial charge < -0.3 is 0 Å². The summed E-state index contributed by atoms with van der Waals surface area (Å²) in [5, 5.41) is 0. The Morgan fingerprint density at radius 2 is 0.852 bits per heavy atom. The van der Waals surface area contributed by atoms with Gasteiger partial charge in [-0.1, -0.05) is 84.2 Å². The summed E-state index contributed by atoms with van der Waals surface area (Å²) >= 11 is 10.7. The first-order chi connectivity index (χ1) is 13.1. The van der Waals surface area contributed by atoms with Gasteiger partial charge in [-0.2, -0.15) is 0 Å². The van der Waals surface area contributed by atoms with Crippen molar-refractivity contribution in [3.8, 4) is 33.6 Å². The second-order valence-corrected chi connectivity index (χ2v) is 8.90. The topological polar surface area (TPSA) is 12.9 Å². The summed E-state index contributed by atoms with van der Waals surface area (Å²) in [4.78, 5) is 4.95. The Balaban J connectivity index is 1.94. The Morgan fingerprint density at radius 3 is 1.30 bits per heavy atom. The molecule has 1 nitrogen and oxygen atoms in total. The molecule has 0 aliphatic heterocycles. The molecule has 4 rings (SSSR count). The van der Waals surface area contributed by atoms with Crippen LogP contribution in [0.4, 0.5) is 0 Å². The predicted octanol–water partition coefficient (Wildman–Crippen LogP) is 8.37. The molecule has 0 radical (unpaired) electrons. The molecule has 0 amide bonds. The highest BCUT2D eigenvalue weighted by molar-refractivity contribution is 9.11. The second-order valence-electron chi connectivity index (χ2n) is 6.16. The minimum atomic E-state index is 0.948. The molecule has 0 unspecified atom stereocenters. The Kier molecular flexibility index (Phi) is 5.58. The summed E-state index contributed by atoms with van der Waals surface area (Å²) in [5.74, 6) is 0. The Hall–Kier alpha value is -1.75. The molecule has 0 bridgehead atoms. The van der Waals surface area contributed by atoms with Gasteiger partial charge in [0.2, 0.25) is 0 Å². The maximum atomic E-state index is 4.95. The van der Waals surface area contributed by atoms with Crippen molar-refractivity contribution in [1.29, 1.82) is 0 Å². The Bertz CT molecular complexity index is 968. The predicted molar refractivity (Wildman–Crippen MR) is 124 cm³/mol. The quantitative estimate of drug-likeness (QED) is 0.253. The number of halogens is 3. The summed E-state index contributed by atoms with van der Waals surface area (Å²) in [6, 6.07) is 29.1. The van der Waals surface area contributed by atoms with Crippen molar-refractivity contribution >= 4 is 47.8 Å². The molecule has 0 fully saturated rings. The number of hydrogen-bond donors (Lipinski definition) is 0. The lowest BCUT2D eigenvalue weighted by Gasteiger charge is -2.11. The summed E-state index contributed by atoms with van der Waals surface area (Å²) in [6.45, 7) is 0. The first-order valence-corrected chi connectivity index (χ1v) is 10.8. The van der Waals surface area contributed by atoms with Crippen LogP contribution in [0.5, 0.6) is 0 Å². The van der Waals surface area contributed by atoms with Gasteiger partial charge in [-0.3, -0.25) is 0 Å². The van der Waals surface area contributed by atoms with Crippen molar-refractivity contribution in [3.63, 3.8) is 0 Å². The smallest absolute Gasteiger partial charge is 0.0716 e. The second kappa shape index (κ2) is 8.09. The van der Waals surface area contributed by atoms with Crippen LogP contribution in [-0.2, 0) is 0 Å². The van der Waals surface area contributed by atoms with E-state index in [-0.39, 0.29) is 0 Å². The highest BCUT2D eigenvalue weighted by atomic mass is 79.9. The van der Waals surface area contributed by atoms with Crippen LogP contribution in [-0.4, -0.2) is 4.98 Å². The van der Waals surface area contributed by atoms with E-state index in [0.29, 0.717) is 0 Å². The molecule has 3 aromatic carbocycles. The lowest BCUT2D eigenvalue weighted by Crippen LogP contribution is -1.91. The van der Waals surface area contributed by atoms with Crippen molar-refractivity contribution in [3.05, 3.63) is 98.3 Å². The molecule has 0 saturated carbocycles. The lowest BCUT2D eigenvalue weighted by molar-refractivity contribution is 1.32. The van der Waals surface area contributed by atoms with E-state index in [0.717, 1.165) is 47.1 Å². The summed E-state index contributed by atoms with van der Waals surface area (Å²) in [5.41, 5.74) is 6.35. The van der Waals surface area contributed by atoms with Crippen LogP contribution in [0, 0.1) is 0 Å². The fourth-order valence-electron chi connectivity index (χ4n) is 2.96. The number of nitrogens with zero attached hydrogens (tertiary/aromatic N) is 1. The first kappa shape index (κ1) is 18.6. The first-order valence-electron chi connectivity index (χ1n) is 8.38. The van der Waals surface area contributed by atoms with Gasteiger partial charge in [-0.25, -0.2) is 4.98 Å². The summed E-state index contributed by atoms with van der Waals surface area (Å²) in [6.07, 6.45) is 0. The van der Waals surface area contributed by atoms with Gasteiger partial charge in [0.25, 0.3) is 0 Å². The summed E-state index contributed by atoms with van der Waals surface area (Å²) < 4.78 is 3.14. The van der Waals surface area contributed by atoms with Crippen LogP contribution < -0.4 is 0 Å². The van der Waals surface area contributed by atoms with Gasteiger partial charge in [0.15, 0.2) is 0 Å². The average molecular weight is 544 g/mol. The molecule has 132 valence electrons. The largest absolute Gasteiger partial charge is 0.248 e. The molecule has 4 heteroatoms. The highest BCUT2D eigenvalue weighted by Gasteiger charge is 2.10. The van der Waals surface area contributed by atoms with E-state index in [1.165, 1.54) is 0 Å². The molecule has 0 aliphatic rings. The molecular weight excluding hydrogens is 530 g/mol. The standard InChI is InChI=1S/C23H14Br3N/c24-19-7-1-4-15(10-19)18-13-22(16-5-2-8-20(25)11-16)27-23(14-18)17-6-3-9-21(26)12-17/h1-14H. The van der Waals surface area contributed by atoms with Crippen LogP contribution in [0.25, 0.3) is 33.6 Å². The van der Waals surface area contributed by atoms with E-state index >= 15 is 0 Å². The molecule has 1 heterocycles. The lowest BCUT2D eigenvalue weighted by atomic mass is 10.00. The third-order valence-corrected chi connectivity index (χ3v) is 5.70. The zero-order valence-corrected chi connectivity index (χ0v) is 18.9. The van der Waals surface area contributed by atoms with E-state index in [2.05, 4.69) is 102 Å². The normalized spacial score (nSPS) is 10.8. The molecular formula is C23H14Br3N. The molecule has 1 aromatic heterocycles. The molecule has 4 aromatic rings. The van der Waals surface area contributed by atoms with Crippen molar-refractivity contribution in [2.24, 2.45) is 0 Å². The van der Waals surface area contributed by atoms with Crippen LogP contribution in [0.15, 0.2) is 98.3 Å². The van der Waals surface area contributed by atoms with Gasteiger partial charge in [-0.05, 0) is 59.7 Å². The van der Waals surface area contributed by atoms with Crippen molar-refractivity contribution in [1.82, 2.24) is 4.98 Å². The van der Waals surface area contributed by atoms with Gasteiger partial charge in [0.05, 0.1) is 11.4 Å². The molecule has 27 heavy (non-hydrogen) atoms. The maximum Gasteiger partial charge on any atom is 0.0716 e. The number of aromatic nitrogens is 1. The van der Waals surface area contributed by atoms with E-state index < -0.39 is 0 Å². The van der Waals surface area contributed by atoms with Gasteiger partial charge in [0, 0.05) is 24.5 Å². The van der Waals surface area contributed by atoms with Crippen molar-refractivity contribution in [2.75, 3.05) is 0 Å². The minimum absolute atomic E-state index is 0.948. The minimum Gasteiger partial charge on any atom is -0.248 e. The van der Waals surface area contributed by atoms with E-state index in [1.54, 1.807) is 0 Å². The molecule has 0 atom stereocenters. The van der Waals surface area contributed by atoms with Crippen molar-refractivity contribution in [2.45, 2.75) is 0 Å². The number of hydrogen-bond acceptors (Lipinski definition) is 1. The monoisotopic (exact) mass is 541 g/mol. The fraction of sp³-hybridized carbons (Fsp3) is 0. The molecule has 0 spiro atoms. The average Bonchev–Trinajstić information content (AvgIpc) is 2.68. The summed E-state index contributed by atoms with van der Waals surface area (Å²) in [7, 11) is 0. The third-order valence-electron chi connectivity index (χ3n) is 4.22. The van der Waals surface area contributed by atoms with Crippen molar-refractivity contribution < 1.29 is 0 Å². The SMILES string of the molecule is Brc1cccc(-c2cc(-c3cccc(Br)c3)nc(-c3cccc(Br)c3)c2)c1. The van der Waals surface area contributed by atoms with E-state index in [9.17, 15) is 0 Å². The third kappa shape index (κ3) is 4.40. The van der Waals surface area contributed by atoms with Crippen LogP contribution in [0.3, 0.4) is 0 Å². The zero-order valence-electron chi connectivity index (χ0n) is 14.2. The zero-order chi connectivity index (χ0) is 18.8.